The molecular formula is C9H22N2. The Balaban J connectivity index is 0.000000461. The largest absolute Gasteiger partial charge is 0.330 e. The molecule has 68 valence electrons. The maximum atomic E-state index is 5.38. The van der Waals surface area contributed by atoms with Gasteiger partial charge in [0.2, 0.25) is 0 Å². The van der Waals surface area contributed by atoms with Crippen LogP contribution in [0.1, 0.15) is 33.1 Å². The molecule has 0 aliphatic carbocycles. The summed E-state index contributed by atoms with van der Waals surface area (Å²) in [6.07, 6.45) is 3.95. The van der Waals surface area contributed by atoms with Crippen LogP contribution in [-0.2, 0) is 0 Å². The lowest BCUT2D eigenvalue weighted by Gasteiger charge is -2.12. The van der Waals surface area contributed by atoms with Crippen LogP contribution in [0.25, 0.3) is 0 Å². The van der Waals surface area contributed by atoms with Gasteiger partial charge in [0, 0.05) is 0 Å². The highest BCUT2D eigenvalue weighted by molar-refractivity contribution is 4.65. The summed E-state index contributed by atoms with van der Waals surface area (Å²) in [7, 11) is 0. The highest BCUT2D eigenvalue weighted by Gasteiger charge is 2.09. The Bertz CT molecular complexity index is 68.0. The Morgan fingerprint density at radius 1 is 1.18 bits per heavy atom. The van der Waals surface area contributed by atoms with Crippen molar-refractivity contribution >= 4 is 0 Å². The Morgan fingerprint density at radius 3 is 2.18 bits per heavy atom. The van der Waals surface area contributed by atoms with Crippen molar-refractivity contribution in [2.45, 2.75) is 33.1 Å². The predicted molar refractivity (Wildman–Crippen MR) is 50.7 cm³/mol. The number of rotatable bonds is 3. The van der Waals surface area contributed by atoms with Crippen LogP contribution in [0.3, 0.4) is 0 Å². The van der Waals surface area contributed by atoms with Gasteiger partial charge < -0.3 is 10.6 Å². The number of likely N-dealkylation sites (tertiary alicyclic amines) is 1. The van der Waals surface area contributed by atoms with Crippen molar-refractivity contribution in [1.29, 1.82) is 0 Å². The molecule has 0 radical (unpaired) electrons. The van der Waals surface area contributed by atoms with Crippen LogP contribution in [0, 0.1) is 0 Å². The minimum absolute atomic E-state index is 0.844. The highest BCUT2D eigenvalue weighted by atomic mass is 15.1. The molecule has 0 aromatic heterocycles. The number of hydrogen-bond acceptors (Lipinski definition) is 2. The first-order chi connectivity index (χ1) is 5.43. The van der Waals surface area contributed by atoms with E-state index in [4.69, 9.17) is 5.73 Å². The van der Waals surface area contributed by atoms with E-state index in [1.54, 1.807) is 0 Å². The lowest BCUT2D eigenvalue weighted by molar-refractivity contribution is 0.336. The molecule has 0 atom stereocenters. The third kappa shape index (κ3) is 5.22. The summed E-state index contributed by atoms with van der Waals surface area (Å²) < 4.78 is 0. The molecule has 1 fully saturated rings. The summed E-state index contributed by atoms with van der Waals surface area (Å²) in [6, 6.07) is 0. The topological polar surface area (TPSA) is 29.3 Å². The van der Waals surface area contributed by atoms with E-state index in [9.17, 15) is 0 Å². The first-order valence-electron chi connectivity index (χ1n) is 4.86. The minimum atomic E-state index is 0.844. The molecule has 1 heterocycles. The van der Waals surface area contributed by atoms with Crippen molar-refractivity contribution in [2.75, 3.05) is 26.2 Å². The van der Waals surface area contributed by atoms with Gasteiger partial charge in [-0.25, -0.2) is 0 Å². The Labute approximate surface area is 70.8 Å². The smallest absolute Gasteiger partial charge is 0.000672 e. The van der Waals surface area contributed by atoms with Crippen LogP contribution >= 0.6 is 0 Å². The van der Waals surface area contributed by atoms with Crippen molar-refractivity contribution in [3.63, 3.8) is 0 Å². The molecule has 0 aromatic rings. The molecule has 0 aromatic carbocycles. The monoisotopic (exact) mass is 158 g/mol. The van der Waals surface area contributed by atoms with Gasteiger partial charge in [0.05, 0.1) is 0 Å². The molecule has 0 amide bonds. The van der Waals surface area contributed by atoms with Gasteiger partial charge in [-0.1, -0.05) is 13.8 Å². The van der Waals surface area contributed by atoms with Gasteiger partial charge in [0.25, 0.3) is 0 Å². The summed E-state index contributed by atoms with van der Waals surface area (Å²) >= 11 is 0. The second kappa shape index (κ2) is 8.02. The summed E-state index contributed by atoms with van der Waals surface area (Å²) in [5.41, 5.74) is 5.38. The van der Waals surface area contributed by atoms with E-state index in [-0.39, 0.29) is 0 Å². The van der Waals surface area contributed by atoms with E-state index in [1.807, 2.05) is 13.8 Å². The molecule has 0 spiro atoms. The van der Waals surface area contributed by atoms with E-state index in [0.29, 0.717) is 0 Å². The molecule has 1 aliphatic rings. The van der Waals surface area contributed by atoms with Gasteiger partial charge >= 0.3 is 0 Å². The second-order valence-corrected chi connectivity index (χ2v) is 2.69. The van der Waals surface area contributed by atoms with E-state index in [2.05, 4.69) is 4.90 Å². The van der Waals surface area contributed by atoms with Crippen LogP contribution in [0.15, 0.2) is 0 Å². The standard InChI is InChI=1S/C7H16N2.C2H6/c8-4-3-7-9-5-1-2-6-9;1-2/h1-8H2;1-2H3. The molecule has 0 saturated carbocycles. The number of nitrogens with zero attached hydrogens (tertiary/aromatic N) is 1. The lowest BCUT2D eigenvalue weighted by Crippen LogP contribution is -2.22. The Kier molecular flexibility index (Phi) is 7.96. The van der Waals surface area contributed by atoms with Gasteiger partial charge in [-0.2, -0.15) is 0 Å². The van der Waals surface area contributed by atoms with Crippen LogP contribution in [0.2, 0.25) is 0 Å². The zero-order valence-corrected chi connectivity index (χ0v) is 7.97. The van der Waals surface area contributed by atoms with Gasteiger partial charge in [-0.05, 0) is 45.4 Å². The quantitative estimate of drug-likeness (QED) is 0.673. The van der Waals surface area contributed by atoms with Crippen molar-refractivity contribution in [2.24, 2.45) is 5.73 Å². The van der Waals surface area contributed by atoms with Crippen LogP contribution in [-0.4, -0.2) is 31.1 Å². The zero-order chi connectivity index (χ0) is 8.53. The van der Waals surface area contributed by atoms with Crippen LogP contribution in [0.5, 0.6) is 0 Å². The maximum Gasteiger partial charge on any atom is -0.000672 e. The van der Waals surface area contributed by atoms with Gasteiger partial charge in [-0.15, -0.1) is 0 Å². The average molecular weight is 158 g/mol. The highest BCUT2D eigenvalue weighted by Crippen LogP contribution is 2.06. The molecule has 2 N–H and O–H groups in total. The minimum Gasteiger partial charge on any atom is -0.330 e. The van der Waals surface area contributed by atoms with E-state index in [1.165, 1.54) is 38.9 Å². The maximum absolute atomic E-state index is 5.38. The molecule has 11 heavy (non-hydrogen) atoms. The van der Waals surface area contributed by atoms with Crippen molar-refractivity contribution in [3.8, 4) is 0 Å². The normalized spacial score (nSPS) is 17.7. The zero-order valence-electron chi connectivity index (χ0n) is 7.97. The lowest BCUT2D eigenvalue weighted by atomic mass is 10.4. The average Bonchev–Trinajstić information content (AvgIpc) is 2.57. The number of hydrogen-bond donors (Lipinski definition) is 1. The van der Waals surface area contributed by atoms with Crippen molar-refractivity contribution in [3.05, 3.63) is 0 Å². The third-order valence-electron chi connectivity index (χ3n) is 1.88. The first-order valence-corrected chi connectivity index (χ1v) is 4.86. The van der Waals surface area contributed by atoms with E-state index >= 15 is 0 Å². The molecular weight excluding hydrogens is 136 g/mol. The Hall–Kier alpha value is -0.0800. The van der Waals surface area contributed by atoms with Gasteiger partial charge in [-0.3, -0.25) is 0 Å². The van der Waals surface area contributed by atoms with Crippen LogP contribution in [0.4, 0.5) is 0 Å². The third-order valence-corrected chi connectivity index (χ3v) is 1.88. The van der Waals surface area contributed by atoms with Crippen molar-refractivity contribution < 1.29 is 0 Å². The molecule has 2 heteroatoms. The molecule has 0 bridgehead atoms. The van der Waals surface area contributed by atoms with Crippen LogP contribution < -0.4 is 5.73 Å². The summed E-state index contributed by atoms with van der Waals surface area (Å²) in [5.74, 6) is 0. The summed E-state index contributed by atoms with van der Waals surface area (Å²) in [4.78, 5) is 2.49. The Morgan fingerprint density at radius 2 is 1.73 bits per heavy atom. The fraction of sp³-hybridized carbons (Fsp3) is 1.00. The number of nitrogens with two attached hydrogens (primary N) is 1. The van der Waals surface area contributed by atoms with Gasteiger partial charge in [0.15, 0.2) is 0 Å². The molecule has 2 nitrogen and oxygen atoms in total. The fourth-order valence-electron chi connectivity index (χ4n) is 1.32. The van der Waals surface area contributed by atoms with E-state index in [0.717, 1.165) is 6.54 Å². The van der Waals surface area contributed by atoms with E-state index < -0.39 is 0 Å². The van der Waals surface area contributed by atoms with Crippen molar-refractivity contribution in [1.82, 2.24) is 4.90 Å². The molecule has 0 unspecified atom stereocenters. The fourth-order valence-corrected chi connectivity index (χ4v) is 1.32. The summed E-state index contributed by atoms with van der Waals surface area (Å²) in [5, 5.41) is 0. The molecule has 1 rings (SSSR count). The molecule has 1 aliphatic heterocycles. The summed E-state index contributed by atoms with van der Waals surface area (Å²) in [6.45, 7) is 8.67. The SMILES string of the molecule is CC.NCCCN1CCCC1. The molecule has 1 saturated heterocycles. The van der Waals surface area contributed by atoms with Gasteiger partial charge in [0.1, 0.15) is 0 Å². The second-order valence-electron chi connectivity index (χ2n) is 2.69. The first kappa shape index (κ1) is 10.9. The predicted octanol–water partition coefficient (Wildman–Crippen LogP) is 1.46.